The zero-order valence-electron chi connectivity index (χ0n) is 17.0. The number of hydrogen-bond donors (Lipinski definition) is 4. The fourth-order valence-corrected chi connectivity index (χ4v) is 3.38. The Morgan fingerprint density at radius 1 is 1.10 bits per heavy atom. The molecule has 0 heterocycles. The van der Waals surface area contributed by atoms with Crippen molar-refractivity contribution in [2.75, 3.05) is 27.0 Å². The standard InChI is InChI=1S/C22H28N4O3/c1-25-21(20(24)22(27)26-14-6-4-7-14)16-9-5-8-15(19(16)23)13-10-11-17(28-2)18(12-13)29-3/h5,8-12,14,25H,4,6-7,23-24H2,1-3H3,(H,26,27)/b21-20+. The third-order valence-corrected chi connectivity index (χ3v) is 5.27. The van der Waals surface area contributed by atoms with Gasteiger partial charge in [0, 0.05) is 29.9 Å². The van der Waals surface area contributed by atoms with Gasteiger partial charge in [0.15, 0.2) is 11.5 Å². The summed E-state index contributed by atoms with van der Waals surface area (Å²) in [4.78, 5) is 12.5. The highest BCUT2D eigenvalue weighted by Gasteiger charge is 2.23. The smallest absolute Gasteiger partial charge is 0.269 e. The molecule has 0 radical (unpaired) electrons. The number of carbonyl (C=O) groups excluding carboxylic acids is 1. The van der Waals surface area contributed by atoms with E-state index in [2.05, 4.69) is 10.6 Å². The molecule has 0 aromatic heterocycles. The van der Waals surface area contributed by atoms with Gasteiger partial charge in [-0.15, -0.1) is 0 Å². The van der Waals surface area contributed by atoms with Crippen LogP contribution in [0.3, 0.4) is 0 Å². The van der Waals surface area contributed by atoms with Gasteiger partial charge in [-0.1, -0.05) is 24.3 Å². The zero-order chi connectivity index (χ0) is 21.0. The minimum Gasteiger partial charge on any atom is -0.493 e. The van der Waals surface area contributed by atoms with Crippen LogP contribution in [0.5, 0.6) is 11.5 Å². The van der Waals surface area contributed by atoms with Gasteiger partial charge < -0.3 is 31.6 Å². The van der Waals surface area contributed by atoms with E-state index in [4.69, 9.17) is 20.9 Å². The van der Waals surface area contributed by atoms with Gasteiger partial charge >= 0.3 is 0 Å². The molecule has 2 aromatic carbocycles. The van der Waals surface area contributed by atoms with Crippen LogP contribution < -0.4 is 31.6 Å². The first-order chi connectivity index (χ1) is 14.0. The van der Waals surface area contributed by atoms with Crippen molar-refractivity contribution >= 4 is 17.3 Å². The Morgan fingerprint density at radius 3 is 2.41 bits per heavy atom. The summed E-state index contributed by atoms with van der Waals surface area (Å²) < 4.78 is 10.7. The lowest BCUT2D eigenvalue weighted by Crippen LogP contribution is -2.42. The van der Waals surface area contributed by atoms with Gasteiger partial charge in [-0.2, -0.15) is 0 Å². The van der Waals surface area contributed by atoms with Gasteiger partial charge in [0.05, 0.1) is 19.9 Å². The van der Waals surface area contributed by atoms with Gasteiger partial charge in [0.2, 0.25) is 0 Å². The molecule has 0 bridgehead atoms. The summed E-state index contributed by atoms with van der Waals surface area (Å²) in [6.45, 7) is 0. The Balaban J connectivity index is 2.00. The molecule has 29 heavy (non-hydrogen) atoms. The number of benzene rings is 2. The van der Waals surface area contributed by atoms with Crippen LogP contribution in [0.1, 0.15) is 24.8 Å². The van der Waals surface area contributed by atoms with E-state index in [-0.39, 0.29) is 17.6 Å². The number of nitrogens with two attached hydrogens (primary N) is 2. The number of ether oxygens (including phenoxy) is 2. The molecule has 1 fully saturated rings. The van der Waals surface area contributed by atoms with Crippen molar-refractivity contribution in [3.8, 4) is 22.6 Å². The van der Waals surface area contributed by atoms with Crippen LogP contribution in [0.2, 0.25) is 0 Å². The van der Waals surface area contributed by atoms with Gasteiger partial charge in [0.25, 0.3) is 5.91 Å². The molecule has 3 rings (SSSR count). The molecule has 2 aromatic rings. The van der Waals surface area contributed by atoms with Crippen LogP contribution in [0, 0.1) is 0 Å². The first-order valence-corrected chi connectivity index (χ1v) is 9.59. The number of rotatable bonds is 7. The third-order valence-electron chi connectivity index (χ3n) is 5.27. The van der Waals surface area contributed by atoms with Crippen molar-refractivity contribution in [3.63, 3.8) is 0 Å². The largest absolute Gasteiger partial charge is 0.493 e. The highest BCUT2D eigenvalue weighted by molar-refractivity contribution is 6.02. The highest BCUT2D eigenvalue weighted by Crippen LogP contribution is 2.37. The Morgan fingerprint density at radius 2 is 1.83 bits per heavy atom. The minimum atomic E-state index is -0.282. The van der Waals surface area contributed by atoms with Crippen molar-refractivity contribution < 1.29 is 14.3 Å². The average Bonchev–Trinajstić information content (AvgIpc) is 2.71. The number of nitrogens with one attached hydrogen (secondary N) is 2. The van der Waals surface area contributed by atoms with E-state index in [9.17, 15) is 4.79 Å². The molecule has 0 atom stereocenters. The zero-order valence-corrected chi connectivity index (χ0v) is 17.0. The van der Waals surface area contributed by atoms with E-state index in [1.165, 1.54) is 0 Å². The fraction of sp³-hybridized carbons (Fsp3) is 0.318. The van der Waals surface area contributed by atoms with E-state index >= 15 is 0 Å². The number of methoxy groups -OCH3 is 2. The Kier molecular flexibility index (Phi) is 6.16. The van der Waals surface area contributed by atoms with Gasteiger partial charge in [-0.05, 0) is 37.0 Å². The highest BCUT2D eigenvalue weighted by atomic mass is 16.5. The fourth-order valence-electron chi connectivity index (χ4n) is 3.38. The maximum atomic E-state index is 12.5. The maximum absolute atomic E-state index is 12.5. The Bertz CT molecular complexity index is 936. The van der Waals surface area contributed by atoms with E-state index in [0.717, 1.165) is 30.4 Å². The quantitative estimate of drug-likeness (QED) is 0.423. The van der Waals surface area contributed by atoms with Crippen molar-refractivity contribution in [2.24, 2.45) is 5.73 Å². The molecule has 154 valence electrons. The summed E-state index contributed by atoms with van der Waals surface area (Å²) in [5.41, 5.74) is 16.2. The number of amides is 1. The monoisotopic (exact) mass is 396 g/mol. The normalized spacial score (nSPS) is 14.4. The summed E-state index contributed by atoms with van der Waals surface area (Å²) in [6.07, 6.45) is 3.11. The Hall–Kier alpha value is -3.35. The van der Waals surface area contributed by atoms with E-state index in [1.54, 1.807) is 21.3 Å². The number of para-hydroxylation sites is 1. The van der Waals surface area contributed by atoms with Crippen molar-refractivity contribution in [1.82, 2.24) is 10.6 Å². The predicted molar refractivity (Wildman–Crippen MR) is 115 cm³/mol. The van der Waals surface area contributed by atoms with Crippen LogP contribution >= 0.6 is 0 Å². The van der Waals surface area contributed by atoms with E-state index in [0.29, 0.717) is 28.4 Å². The van der Waals surface area contributed by atoms with Crippen LogP contribution in [-0.4, -0.2) is 33.2 Å². The van der Waals surface area contributed by atoms with Crippen molar-refractivity contribution in [2.45, 2.75) is 25.3 Å². The average molecular weight is 396 g/mol. The van der Waals surface area contributed by atoms with Crippen LogP contribution in [0.25, 0.3) is 16.8 Å². The lowest BCUT2D eigenvalue weighted by molar-refractivity contribution is -0.118. The SMILES string of the molecule is CN/C(=C(/N)C(=O)NC1CCC1)c1cccc(-c2ccc(OC)c(OC)c2)c1N. The summed E-state index contributed by atoms with van der Waals surface area (Å²) in [6, 6.07) is 11.4. The van der Waals surface area contributed by atoms with Gasteiger partial charge in [-0.25, -0.2) is 0 Å². The van der Waals surface area contributed by atoms with E-state index in [1.807, 2.05) is 36.4 Å². The molecular weight excluding hydrogens is 368 g/mol. The molecular formula is C22H28N4O3. The second kappa shape index (κ2) is 8.77. The molecule has 0 saturated heterocycles. The maximum Gasteiger partial charge on any atom is 0.269 e. The number of anilines is 1. The third kappa shape index (κ3) is 4.08. The lowest BCUT2D eigenvalue weighted by Gasteiger charge is -2.27. The molecule has 1 amide bonds. The van der Waals surface area contributed by atoms with Gasteiger partial charge in [0.1, 0.15) is 5.70 Å². The second-order valence-electron chi connectivity index (χ2n) is 6.98. The Labute approximate surface area is 171 Å². The number of hydrogen-bond acceptors (Lipinski definition) is 6. The molecule has 6 N–H and O–H groups in total. The lowest BCUT2D eigenvalue weighted by atomic mass is 9.93. The topological polar surface area (TPSA) is 112 Å². The van der Waals surface area contributed by atoms with Crippen molar-refractivity contribution in [1.29, 1.82) is 0 Å². The molecule has 7 heteroatoms. The van der Waals surface area contributed by atoms with Crippen molar-refractivity contribution in [3.05, 3.63) is 47.7 Å². The number of carbonyl (C=O) groups is 1. The number of nitrogen functional groups attached to an aromatic ring is 1. The first kappa shape index (κ1) is 20.4. The molecule has 1 aliphatic rings. The molecule has 0 aliphatic heterocycles. The summed E-state index contributed by atoms with van der Waals surface area (Å²) >= 11 is 0. The van der Waals surface area contributed by atoms with Crippen LogP contribution in [0.15, 0.2) is 42.1 Å². The van der Waals surface area contributed by atoms with Gasteiger partial charge in [-0.3, -0.25) is 4.79 Å². The minimum absolute atomic E-state index is 0.121. The molecule has 0 spiro atoms. The molecule has 0 unspecified atom stereocenters. The van der Waals surface area contributed by atoms with Crippen LogP contribution in [-0.2, 0) is 4.79 Å². The van der Waals surface area contributed by atoms with Crippen LogP contribution in [0.4, 0.5) is 5.69 Å². The molecule has 7 nitrogen and oxygen atoms in total. The summed E-state index contributed by atoms with van der Waals surface area (Å²) in [5, 5.41) is 6.00. The summed E-state index contributed by atoms with van der Waals surface area (Å²) in [7, 11) is 4.90. The molecule has 1 saturated carbocycles. The van der Waals surface area contributed by atoms with E-state index < -0.39 is 0 Å². The summed E-state index contributed by atoms with van der Waals surface area (Å²) in [5.74, 6) is 0.965. The first-order valence-electron chi connectivity index (χ1n) is 9.59. The second-order valence-corrected chi connectivity index (χ2v) is 6.98. The predicted octanol–water partition coefficient (Wildman–Crippen LogP) is 2.47. The molecule has 1 aliphatic carbocycles.